The molecule has 108 valence electrons. The summed E-state index contributed by atoms with van der Waals surface area (Å²) in [5.74, 6) is 1.60. The molecular weight excluding hydrogens is 236 g/mol. The second kappa shape index (κ2) is 8.10. The standard InChI is InChI=1S/C15H28N4/c1-6-9-16-10-14-7-8-15(18-17-14)19(13(4)5)11-12(2)3/h7-8,12-13,16H,6,9-11H2,1-5H3. The maximum absolute atomic E-state index is 4.37. The van der Waals surface area contributed by atoms with Crippen molar-refractivity contribution in [1.82, 2.24) is 15.5 Å². The number of anilines is 1. The van der Waals surface area contributed by atoms with Crippen LogP contribution in [0.3, 0.4) is 0 Å². The van der Waals surface area contributed by atoms with Crippen LogP contribution in [0.5, 0.6) is 0 Å². The fraction of sp³-hybridized carbons (Fsp3) is 0.733. The lowest BCUT2D eigenvalue weighted by Gasteiger charge is -2.29. The predicted octanol–water partition coefficient (Wildman–Crippen LogP) is 2.85. The van der Waals surface area contributed by atoms with Gasteiger partial charge in [-0.05, 0) is 44.9 Å². The molecule has 19 heavy (non-hydrogen) atoms. The second-order valence-electron chi connectivity index (χ2n) is 5.70. The Morgan fingerprint density at radius 1 is 1.16 bits per heavy atom. The van der Waals surface area contributed by atoms with Gasteiger partial charge in [-0.25, -0.2) is 0 Å². The average molecular weight is 264 g/mol. The van der Waals surface area contributed by atoms with E-state index in [0.717, 1.165) is 37.6 Å². The van der Waals surface area contributed by atoms with E-state index in [9.17, 15) is 0 Å². The third-order valence-electron chi connectivity index (χ3n) is 2.92. The minimum atomic E-state index is 0.445. The van der Waals surface area contributed by atoms with Crippen molar-refractivity contribution in [2.24, 2.45) is 5.92 Å². The van der Waals surface area contributed by atoms with Crippen LogP contribution in [-0.2, 0) is 6.54 Å². The Hall–Kier alpha value is -1.16. The summed E-state index contributed by atoms with van der Waals surface area (Å²) in [6.45, 7) is 13.8. The molecule has 0 aliphatic heterocycles. The van der Waals surface area contributed by atoms with Crippen LogP contribution >= 0.6 is 0 Å². The average Bonchev–Trinajstić information content (AvgIpc) is 2.37. The summed E-state index contributed by atoms with van der Waals surface area (Å²) in [7, 11) is 0. The Balaban J connectivity index is 2.66. The molecule has 1 aromatic heterocycles. The van der Waals surface area contributed by atoms with Gasteiger partial charge in [0.1, 0.15) is 0 Å². The molecule has 0 radical (unpaired) electrons. The number of rotatable bonds is 8. The van der Waals surface area contributed by atoms with Crippen molar-refractivity contribution < 1.29 is 0 Å². The van der Waals surface area contributed by atoms with Crippen LogP contribution in [0, 0.1) is 5.92 Å². The topological polar surface area (TPSA) is 41.0 Å². The van der Waals surface area contributed by atoms with Crippen LogP contribution in [-0.4, -0.2) is 29.3 Å². The molecule has 0 fully saturated rings. The molecule has 0 aliphatic rings. The number of hydrogen-bond donors (Lipinski definition) is 1. The summed E-state index contributed by atoms with van der Waals surface area (Å²) in [6.07, 6.45) is 1.14. The first kappa shape index (κ1) is 15.9. The summed E-state index contributed by atoms with van der Waals surface area (Å²) < 4.78 is 0. The predicted molar refractivity (Wildman–Crippen MR) is 81.3 cm³/mol. The highest BCUT2D eigenvalue weighted by molar-refractivity contribution is 5.38. The van der Waals surface area contributed by atoms with Gasteiger partial charge in [0.2, 0.25) is 0 Å². The molecule has 0 bridgehead atoms. The summed E-state index contributed by atoms with van der Waals surface area (Å²) in [6, 6.07) is 4.60. The molecule has 1 rings (SSSR count). The lowest BCUT2D eigenvalue weighted by atomic mass is 10.2. The van der Waals surface area contributed by atoms with Crippen LogP contribution in [0.15, 0.2) is 12.1 Å². The van der Waals surface area contributed by atoms with Gasteiger partial charge < -0.3 is 10.2 Å². The molecule has 4 heteroatoms. The molecule has 0 aliphatic carbocycles. The van der Waals surface area contributed by atoms with E-state index in [1.165, 1.54) is 0 Å². The van der Waals surface area contributed by atoms with E-state index in [1.54, 1.807) is 0 Å². The number of aromatic nitrogens is 2. The van der Waals surface area contributed by atoms with Crippen molar-refractivity contribution in [3.05, 3.63) is 17.8 Å². The third-order valence-corrected chi connectivity index (χ3v) is 2.92. The van der Waals surface area contributed by atoms with Crippen molar-refractivity contribution in [2.75, 3.05) is 18.0 Å². The molecule has 1 aromatic rings. The lowest BCUT2D eigenvalue weighted by Crippen LogP contribution is -2.35. The van der Waals surface area contributed by atoms with Gasteiger partial charge >= 0.3 is 0 Å². The minimum Gasteiger partial charge on any atom is -0.352 e. The van der Waals surface area contributed by atoms with E-state index in [0.29, 0.717) is 12.0 Å². The molecule has 0 amide bonds. The minimum absolute atomic E-state index is 0.445. The smallest absolute Gasteiger partial charge is 0.151 e. The quantitative estimate of drug-likeness (QED) is 0.733. The van der Waals surface area contributed by atoms with Crippen LogP contribution in [0.2, 0.25) is 0 Å². The highest BCUT2D eigenvalue weighted by atomic mass is 15.3. The van der Waals surface area contributed by atoms with Crippen LogP contribution in [0.1, 0.15) is 46.7 Å². The van der Waals surface area contributed by atoms with Crippen LogP contribution in [0.25, 0.3) is 0 Å². The van der Waals surface area contributed by atoms with Gasteiger partial charge in [0.25, 0.3) is 0 Å². The van der Waals surface area contributed by atoms with E-state index < -0.39 is 0 Å². The second-order valence-corrected chi connectivity index (χ2v) is 5.70. The Morgan fingerprint density at radius 2 is 1.89 bits per heavy atom. The highest BCUT2D eigenvalue weighted by Gasteiger charge is 2.13. The molecule has 0 saturated heterocycles. The normalized spacial score (nSPS) is 11.3. The number of nitrogens with zero attached hydrogens (tertiary/aromatic N) is 3. The van der Waals surface area contributed by atoms with Gasteiger partial charge in [0.05, 0.1) is 5.69 Å². The van der Waals surface area contributed by atoms with Crippen LogP contribution in [0.4, 0.5) is 5.82 Å². The molecule has 0 saturated carbocycles. The molecule has 0 unspecified atom stereocenters. The van der Waals surface area contributed by atoms with Crippen molar-refractivity contribution in [1.29, 1.82) is 0 Å². The lowest BCUT2D eigenvalue weighted by molar-refractivity contribution is 0.562. The van der Waals surface area contributed by atoms with Crippen molar-refractivity contribution in [3.8, 4) is 0 Å². The SMILES string of the molecule is CCCNCc1ccc(N(CC(C)C)C(C)C)nn1. The summed E-state index contributed by atoms with van der Waals surface area (Å²) in [5, 5.41) is 12.0. The Bertz CT molecular complexity index is 346. The monoisotopic (exact) mass is 264 g/mol. The van der Waals surface area contributed by atoms with Crippen LogP contribution < -0.4 is 10.2 Å². The molecule has 0 atom stereocenters. The zero-order valence-electron chi connectivity index (χ0n) is 13.0. The zero-order chi connectivity index (χ0) is 14.3. The van der Waals surface area contributed by atoms with Crippen molar-refractivity contribution >= 4 is 5.82 Å². The first-order chi connectivity index (χ1) is 9.04. The fourth-order valence-electron chi connectivity index (χ4n) is 1.96. The number of hydrogen-bond acceptors (Lipinski definition) is 4. The van der Waals surface area contributed by atoms with E-state index in [1.807, 2.05) is 0 Å². The summed E-state index contributed by atoms with van der Waals surface area (Å²) in [4.78, 5) is 2.31. The molecule has 1 N–H and O–H groups in total. The molecular formula is C15H28N4. The Labute approximate surface area is 117 Å². The van der Waals surface area contributed by atoms with Gasteiger partial charge in [0, 0.05) is 19.1 Å². The Morgan fingerprint density at radius 3 is 2.37 bits per heavy atom. The van der Waals surface area contributed by atoms with Gasteiger partial charge in [-0.2, -0.15) is 5.10 Å². The first-order valence-electron chi connectivity index (χ1n) is 7.34. The summed E-state index contributed by atoms with van der Waals surface area (Å²) >= 11 is 0. The van der Waals surface area contributed by atoms with Gasteiger partial charge in [-0.1, -0.05) is 20.8 Å². The van der Waals surface area contributed by atoms with E-state index in [4.69, 9.17) is 0 Å². The maximum atomic E-state index is 4.37. The summed E-state index contributed by atoms with van der Waals surface area (Å²) in [5.41, 5.74) is 1.01. The molecule has 0 aromatic carbocycles. The van der Waals surface area contributed by atoms with Gasteiger partial charge in [-0.3, -0.25) is 0 Å². The van der Waals surface area contributed by atoms with Gasteiger partial charge in [-0.15, -0.1) is 5.10 Å². The van der Waals surface area contributed by atoms with E-state index >= 15 is 0 Å². The third kappa shape index (κ3) is 5.55. The molecule has 4 nitrogen and oxygen atoms in total. The first-order valence-corrected chi connectivity index (χ1v) is 7.34. The van der Waals surface area contributed by atoms with Gasteiger partial charge in [0.15, 0.2) is 5.82 Å². The van der Waals surface area contributed by atoms with E-state index in [2.05, 4.69) is 67.2 Å². The number of nitrogens with one attached hydrogen (secondary N) is 1. The zero-order valence-corrected chi connectivity index (χ0v) is 13.0. The van der Waals surface area contributed by atoms with Crippen molar-refractivity contribution in [3.63, 3.8) is 0 Å². The molecule has 0 spiro atoms. The Kier molecular flexibility index (Phi) is 6.78. The largest absolute Gasteiger partial charge is 0.352 e. The molecule has 1 heterocycles. The van der Waals surface area contributed by atoms with E-state index in [-0.39, 0.29) is 0 Å². The highest BCUT2D eigenvalue weighted by Crippen LogP contribution is 2.15. The maximum Gasteiger partial charge on any atom is 0.151 e. The fourth-order valence-corrected chi connectivity index (χ4v) is 1.96. The van der Waals surface area contributed by atoms with Crippen molar-refractivity contribution in [2.45, 2.75) is 53.6 Å².